The molecule has 68 valence electrons. The molecule has 0 saturated heterocycles. The minimum atomic E-state index is -0.672. The fraction of sp³-hybridized carbons (Fsp3) is 1.00. The van der Waals surface area contributed by atoms with Gasteiger partial charge in [-0.3, -0.25) is 0 Å². The molecule has 0 aromatic carbocycles. The molecule has 1 unspecified atom stereocenters. The number of hydrogen-bond donors (Lipinski definition) is 0. The fourth-order valence-corrected chi connectivity index (χ4v) is 1.06. The van der Waals surface area contributed by atoms with E-state index in [1.165, 1.54) is 6.42 Å². The van der Waals surface area contributed by atoms with E-state index in [4.69, 9.17) is 0 Å². The van der Waals surface area contributed by atoms with Crippen LogP contribution < -0.4 is 56.5 Å². The van der Waals surface area contributed by atoms with Gasteiger partial charge in [0.2, 0.25) is 0 Å². The Morgan fingerprint density at radius 3 is 2.17 bits per heavy atom. The Morgan fingerprint density at radius 1 is 1.33 bits per heavy atom. The van der Waals surface area contributed by atoms with Crippen molar-refractivity contribution in [3.8, 4) is 0 Å². The molecule has 0 aliphatic carbocycles. The topological polar surface area (TPSA) is 23.1 Å². The van der Waals surface area contributed by atoms with Crippen LogP contribution in [0.4, 0.5) is 0 Å². The minimum absolute atomic E-state index is 0. The van der Waals surface area contributed by atoms with Gasteiger partial charge >= 0.3 is 51.4 Å². The Bertz CT molecular complexity index is 100. The molecule has 0 bridgehead atoms. The van der Waals surface area contributed by atoms with Crippen LogP contribution in [0.15, 0.2) is 0 Å². The summed E-state index contributed by atoms with van der Waals surface area (Å²) in [6, 6.07) is 0. The van der Waals surface area contributed by atoms with Gasteiger partial charge in [-0.2, -0.15) is 0 Å². The molecule has 0 heterocycles. The quantitative estimate of drug-likeness (QED) is 0.536. The van der Waals surface area contributed by atoms with E-state index in [9.17, 15) is 5.11 Å². The van der Waals surface area contributed by atoms with Crippen molar-refractivity contribution < 1.29 is 56.5 Å². The van der Waals surface area contributed by atoms with Crippen LogP contribution in [0.1, 0.15) is 53.4 Å². The first-order chi connectivity index (χ1) is 4.98. The summed E-state index contributed by atoms with van der Waals surface area (Å²) in [5, 5.41) is 11.5. The molecule has 0 spiro atoms. The Balaban J connectivity index is 0. The average Bonchev–Trinajstić information content (AvgIpc) is 1.87. The third-order valence-corrected chi connectivity index (χ3v) is 2.23. The molecule has 0 aliphatic rings. The Morgan fingerprint density at radius 2 is 1.83 bits per heavy atom. The molecule has 0 fully saturated rings. The second-order valence-electron chi connectivity index (χ2n) is 4.09. The van der Waals surface area contributed by atoms with E-state index in [1.54, 1.807) is 0 Å². The third kappa shape index (κ3) is 9.68. The predicted octanol–water partition coefficient (Wildman–Crippen LogP) is -0.654. The van der Waals surface area contributed by atoms with E-state index in [2.05, 4.69) is 13.8 Å². The maximum Gasteiger partial charge on any atom is 1.00 e. The van der Waals surface area contributed by atoms with Gasteiger partial charge in [0.15, 0.2) is 0 Å². The van der Waals surface area contributed by atoms with Crippen molar-refractivity contribution in [3.63, 3.8) is 0 Å². The van der Waals surface area contributed by atoms with Crippen molar-refractivity contribution in [2.45, 2.75) is 59.0 Å². The van der Waals surface area contributed by atoms with Crippen LogP contribution in [0.2, 0.25) is 0 Å². The van der Waals surface area contributed by atoms with Gasteiger partial charge in [0.1, 0.15) is 0 Å². The predicted molar refractivity (Wildman–Crippen MR) is 47.4 cm³/mol. The molecule has 0 aliphatic heterocycles. The maximum atomic E-state index is 11.5. The first kappa shape index (κ1) is 16.0. The molecule has 0 radical (unpaired) electrons. The van der Waals surface area contributed by atoms with E-state index in [0.717, 1.165) is 25.2 Å². The number of hydrogen-bond acceptors (Lipinski definition) is 1. The van der Waals surface area contributed by atoms with Crippen LogP contribution in [0.25, 0.3) is 0 Å². The van der Waals surface area contributed by atoms with Gasteiger partial charge in [0.05, 0.1) is 0 Å². The summed E-state index contributed by atoms with van der Waals surface area (Å²) < 4.78 is 0. The van der Waals surface area contributed by atoms with E-state index in [0.29, 0.717) is 0 Å². The first-order valence-electron chi connectivity index (χ1n) is 4.68. The summed E-state index contributed by atoms with van der Waals surface area (Å²) in [5.41, 5.74) is -0.672. The maximum absolute atomic E-state index is 11.5. The molecule has 1 atom stereocenters. The average molecular weight is 196 g/mol. The Labute approximate surface area is 120 Å². The van der Waals surface area contributed by atoms with Crippen molar-refractivity contribution in [1.82, 2.24) is 0 Å². The van der Waals surface area contributed by atoms with Gasteiger partial charge in [-0.05, 0) is 5.92 Å². The first-order valence-corrected chi connectivity index (χ1v) is 4.68. The largest absolute Gasteiger partial charge is 1.00 e. The van der Waals surface area contributed by atoms with Gasteiger partial charge in [-0.1, -0.05) is 53.4 Å². The number of rotatable bonds is 5. The van der Waals surface area contributed by atoms with Crippen LogP contribution in [0.5, 0.6) is 0 Å². The summed E-state index contributed by atoms with van der Waals surface area (Å²) in [5.74, 6) is 0.739. The molecule has 0 N–H and O–H groups in total. The van der Waals surface area contributed by atoms with Crippen LogP contribution in [0, 0.1) is 5.92 Å². The molecule has 0 aromatic rings. The van der Waals surface area contributed by atoms with Crippen LogP contribution in [-0.2, 0) is 0 Å². The van der Waals surface area contributed by atoms with E-state index in [1.807, 2.05) is 13.8 Å². The van der Waals surface area contributed by atoms with Crippen LogP contribution in [-0.4, -0.2) is 5.60 Å². The van der Waals surface area contributed by atoms with Gasteiger partial charge in [0.25, 0.3) is 0 Å². The van der Waals surface area contributed by atoms with Crippen molar-refractivity contribution in [2.75, 3.05) is 0 Å². The second-order valence-corrected chi connectivity index (χ2v) is 4.09. The SMILES string of the molecule is CCC(C)([O-])CCCC(C)C.[K+]. The summed E-state index contributed by atoms with van der Waals surface area (Å²) in [7, 11) is 0. The third-order valence-electron chi connectivity index (χ3n) is 2.23. The monoisotopic (exact) mass is 196 g/mol. The summed E-state index contributed by atoms with van der Waals surface area (Å²) >= 11 is 0. The van der Waals surface area contributed by atoms with Gasteiger partial charge < -0.3 is 5.11 Å². The molecule has 0 saturated carbocycles. The minimum Gasteiger partial charge on any atom is -0.850 e. The van der Waals surface area contributed by atoms with E-state index >= 15 is 0 Å². The summed E-state index contributed by atoms with van der Waals surface area (Å²) in [6.07, 6.45) is 3.87. The molecule has 2 heteroatoms. The second kappa shape index (κ2) is 7.95. The molecular formula is C10H21KO. The zero-order chi connectivity index (χ0) is 8.91. The Kier molecular flexibility index (Phi) is 10.6. The van der Waals surface area contributed by atoms with Gasteiger partial charge in [-0.15, -0.1) is 5.60 Å². The standard InChI is InChI=1S/C10H21O.K/c1-5-10(4,11)8-6-7-9(2)3;/h9H,5-8H2,1-4H3;/q-1;+1. The molecule has 0 rings (SSSR count). The van der Waals surface area contributed by atoms with Crippen molar-refractivity contribution in [2.24, 2.45) is 5.92 Å². The van der Waals surface area contributed by atoms with Crippen molar-refractivity contribution in [1.29, 1.82) is 0 Å². The summed E-state index contributed by atoms with van der Waals surface area (Å²) in [6.45, 7) is 8.19. The van der Waals surface area contributed by atoms with Crippen molar-refractivity contribution >= 4 is 0 Å². The molecular weight excluding hydrogens is 175 g/mol. The fourth-order valence-electron chi connectivity index (χ4n) is 1.06. The zero-order valence-corrected chi connectivity index (χ0v) is 12.4. The smallest absolute Gasteiger partial charge is 0.850 e. The normalized spacial score (nSPS) is 15.5. The van der Waals surface area contributed by atoms with E-state index < -0.39 is 5.60 Å². The summed E-state index contributed by atoms with van der Waals surface area (Å²) in [4.78, 5) is 0. The molecule has 1 nitrogen and oxygen atoms in total. The van der Waals surface area contributed by atoms with Gasteiger partial charge in [0, 0.05) is 0 Å². The van der Waals surface area contributed by atoms with Crippen molar-refractivity contribution in [3.05, 3.63) is 0 Å². The van der Waals surface area contributed by atoms with E-state index in [-0.39, 0.29) is 51.4 Å². The zero-order valence-electron chi connectivity index (χ0n) is 9.31. The molecule has 0 aromatic heterocycles. The molecule has 0 amide bonds. The molecule has 12 heavy (non-hydrogen) atoms. The van der Waals surface area contributed by atoms with Crippen LogP contribution >= 0.6 is 0 Å². The van der Waals surface area contributed by atoms with Crippen LogP contribution in [0.3, 0.4) is 0 Å². The van der Waals surface area contributed by atoms with Gasteiger partial charge in [-0.25, -0.2) is 0 Å². The Hall–Kier alpha value is 1.60.